The van der Waals surface area contributed by atoms with Gasteiger partial charge in [-0.15, -0.1) is 11.3 Å². The van der Waals surface area contributed by atoms with E-state index in [9.17, 15) is 4.79 Å². The van der Waals surface area contributed by atoms with Gasteiger partial charge in [-0.2, -0.15) is 5.10 Å². The van der Waals surface area contributed by atoms with Crippen LogP contribution < -0.4 is 0 Å². The number of aryl methyl sites for hydroxylation is 1. The number of thiophene rings is 1. The van der Waals surface area contributed by atoms with Crippen molar-refractivity contribution in [2.45, 2.75) is 32.1 Å². The quantitative estimate of drug-likeness (QED) is 0.695. The van der Waals surface area contributed by atoms with Crippen LogP contribution in [0, 0.1) is 6.92 Å². The van der Waals surface area contributed by atoms with E-state index in [1.165, 1.54) is 11.1 Å². The highest BCUT2D eigenvalue weighted by molar-refractivity contribution is 7.10. The van der Waals surface area contributed by atoms with E-state index in [4.69, 9.17) is 0 Å². The monoisotopic (exact) mass is 365 g/mol. The lowest BCUT2D eigenvalue weighted by atomic mass is 9.91. The molecule has 2 aromatic heterocycles. The van der Waals surface area contributed by atoms with Crippen molar-refractivity contribution < 1.29 is 4.79 Å². The minimum absolute atomic E-state index is 0.251. The molecule has 1 amide bonds. The first-order chi connectivity index (χ1) is 12.7. The van der Waals surface area contributed by atoms with Crippen LogP contribution in [0.2, 0.25) is 0 Å². The van der Waals surface area contributed by atoms with Crippen molar-refractivity contribution in [3.8, 4) is 5.69 Å². The average molecular weight is 366 g/mol. The Morgan fingerprint density at radius 3 is 2.65 bits per heavy atom. The zero-order chi connectivity index (χ0) is 17.9. The summed E-state index contributed by atoms with van der Waals surface area (Å²) >= 11 is 1.66. The molecule has 0 N–H and O–H groups in total. The molecular formula is C21H23N3OS. The fourth-order valence-electron chi connectivity index (χ4n) is 3.52. The fraction of sp³-hybridized carbons (Fsp3) is 0.333. The van der Waals surface area contributed by atoms with Crippen molar-refractivity contribution in [1.29, 1.82) is 0 Å². The molecule has 26 heavy (non-hydrogen) atoms. The summed E-state index contributed by atoms with van der Waals surface area (Å²) in [6.45, 7) is 3.76. The Bertz CT molecular complexity index is 859. The maximum Gasteiger partial charge on any atom is 0.227 e. The molecule has 3 heterocycles. The second kappa shape index (κ2) is 7.46. The lowest BCUT2D eigenvalue weighted by Crippen LogP contribution is -2.38. The summed E-state index contributed by atoms with van der Waals surface area (Å²) in [5.74, 6) is 0.737. The standard InChI is InChI=1S/C21H23N3OS/c1-16-4-6-19(7-5-16)24-15-18(14-22-24)17-8-10-23(11-9-17)21(25)13-20-3-2-12-26-20/h2-7,12,14-15,17H,8-11,13H2,1H3. The van der Waals surface area contributed by atoms with Crippen LogP contribution in [-0.4, -0.2) is 33.7 Å². The van der Waals surface area contributed by atoms with Crippen LogP contribution in [0.15, 0.2) is 54.2 Å². The molecule has 3 aromatic rings. The molecule has 4 rings (SSSR count). The molecule has 134 valence electrons. The fourth-order valence-corrected chi connectivity index (χ4v) is 4.22. The van der Waals surface area contributed by atoms with E-state index < -0.39 is 0 Å². The van der Waals surface area contributed by atoms with E-state index in [0.717, 1.165) is 36.5 Å². The molecule has 4 nitrogen and oxygen atoms in total. The Morgan fingerprint density at radius 2 is 1.96 bits per heavy atom. The molecule has 0 atom stereocenters. The number of carbonyl (C=O) groups is 1. The Morgan fingerprint density at radius 1 is 1.19 bits per heavy atom. The lowest BCUT2D eigenvalue weighted by molar-refractivity contribution is -0.131. The molecule has 1 fully saturated rings. The van der Waals surface area contributed by atoms with Crippen molar-refractivity contribution >= 4 is 17.2 Å². The van der Waals surface area contributed by atoms with E-state index in [1.54, 1.807) is 11.3 Å². The summed E-state index contributed by atoms with van der Waals surface area (Å²) in [4.78, 5) is 15.6. The number of likely N-dealkylation sites (tertiary alicyclic amines) is 1. The number of benzene rings is 1. The predicted molar refractivity (Wildman–Crippen MR) is 105 cm³/mol. The molecule has 0 radical (unpaired) electrons. The van der Waals surface area contributed by atoms with E-state index in [1.807, 2.05) is 33.3 Å². The summed E-state index contributed by atoms with van der Waals surface area (Å²) in [5, 5.41) is 6.56. The smallest absolute Gasteiger partial charge is 0.227 e. The van der Waals surface area contributed by atoms with Gasteiger partial charge in [0.1, 0.15) is 0 Å². The number of rotatable bonds is 4. The van der Waals surface area contributed by atoms with Crippen LogP contribution in [-0.2, 0) is 11.2 Å². The van der Waals surface area contributed by atoms with Gasteiger partial charge in [-0.3, -0.25) is 4.79 Å². The van der Waals surface area contributed by atoms with Gasteiger partial charge in [-0.05, 0) is 54.8 Å². The first-order valence-corrected chi connectivity index (χ1v) is 9.99. The Labute approximate surface area is 158 Å². The number of carbonyl (C=O) groups excluding carboxylic acids is 1. The summed E-state index contributed by atoms with van der Waals surface area (Å²) in [6, 6.07) is 12.4. The van der Waals surface area contributed by atoms with E-state index in [-0.39, 0.29) is 5.91 Å². The van der Waals surface area contributed by atoms with Crippen LogP contribution in [0.5, 0.6) is 0 Å². The first kappa shape index (κ1) is 17.0. The molecule has 0 saturated carbocycles. The summed E-state index contributed by atoms with van der Waals surface area (Å²) in [6.07, 6.45) is 6.67. The largest absolute Gasteiger partial charge is 0.342 e. The van der Waals surface area contributed by atoms with Crippen LogP contribution in [0.25, 0.3) is 5.69 Å². The van der Waals surface area contributed by atoms with Crippen molar-refractivity contribution in [2.24, 2.45) is 0 Å². The molecule has 1 aliphatic rings. The van der Waals surface area contributed by atoms with E-state index in [2.05, 4.69) is 42.5 Å². The second-order valence-electron chi connectivity index (χ2n) is 6.96. The molecule has 1 aromatic carbocycles. The van der Waals surface area contributed by atoms with Crippen molar-refractivity contribution in [3.63, 3.8) is 0 Å². The maximum atomic E-state index is 12.4. The van der Waals surface area contributed by atoms with Gasteiger partial charge in [0.05, 0.1) is 18.3 Å². The third-order valence-corrected chi connectivity index (χ3v) is 6.00. The SMILES string of the molecule is Cc1ccc(-n2cc(C3CCN(C(=O)Cc4cccs4)CC3)cn2)cc1. The Hall–Kier alpha value is -2.40. The van der Waals surface area contributed by atoms with Gasteiger partial charge in [0, 0.05) is 24.2 Å². The van der Waals surface area contributed by atoms with Crippen molar-refractivity contribution in [3.05, 3.63) is 70.2 Å². The molecule has 0 bridgehead atoms. The molecule has 0 unspecified atom stereocenters. The minimum atomic E-state index is 0.251. The topological polar surface area (TPSA) is 38.1 Å². The molecule has 1 aliphatic heterocycles. The van der Waals surface area contributed by atoms with Gasteiger partial charge in [0.25, 0.3) is 0 Å². The number of amides is 1. The molecule has 1 saturated heterocycles. The third-order valence-electron chi connectivity index (χ3n) is 5.13. The Balaban J connectivity index is 1.36. The maximum absolute atomic E-state index is 12.4. The van der Waals surface area contributed by atoms with Gasteiger partial charge < -0.3 is 4.90 Å². The highest BCUT2D eigenvalue weighted by atomic mass is 32.1. The predicted octanol–water partition coefficient (Wildman–Crippen LogP) is 4.19. The van der Waals surface area contributed by atoms with E-state index in [0.29, 0.717) is 12.3 Å². The average Bonchev–Trinajstić information content (AvgIpc) is 3.34. The van der Waals surface area contributed by atoms with Crippen molar-refractivity contribution in [2.75, 3.05) is 13.1 Å². The van der Waals surface area contributed by atoms with Gasteiger partial charge in [-0.25, -0.2) is 4.68 Å². The van der Waals surface area contributed by atoms with Gasteiger partial charge in [0.15, 0.2) is 0 Å². The highest BCUT2D eigenvalue weighted by Gasteiger charge is 2.24. The number of nitrogens with zero attached hydrogens (tertiary/aromatic N) is 3. The number of hydrogen-bond acceptors (Lipinski definition) is 3. The normalized spacial score (nSPS) is 15.3. The molecule has 0 spiro atoms. The molecule has 5 heteroatoms. The Kier molecular flexibility index (Phi) is 4.89. The zero-order valence-corrected chi connectivity index (χ0v) is 15.8. The lowest BCUT2D eigenvalue weighted by Gasteiger charge is -2.31. The van der Waals surface area contributed by atoms with Gasteiger partial charge in [0.2, 0.25) is 5.91 Å². The van der Waals surface area contributed by atoms with Crippen LogP contribution in [0.1, 0.15) is 34.8 Å². The van der Waals surface area contributed by atoms with Crippen LogP contribution in [0.4, 0.5) is 0 Å². The summed E-state index contributed by atoms with van der Waals surface area (Å²) in [7, 11) is 0. The van der Waals surface area contributed by atoms with Crippen LogP contribution >= 0.6 is 11.3 Å². The minimum Gasteiger partial charge on any atom is -0.342 e. The van der Waals surface area contributed by atoms with E-state index >= 15 is 0 Å². The highest BCUT2D eigenvalue weighted by Crippen LogP contribution is 2.28. The number of hydrogen-bond donors (Lipinski definition) is 0. The second-order valence-corrected chi connectivity index (χ2v) is 8.00. The molecule has 0 aliphatic carbocycles. The third kappa shape index (κ3) is 3.73. The summed E-state index contributed by atoms with van der Waals surface area (Å²) in [5.41, 5.74) is 3.61. The van der Waals surface area contributed by atoms with Crippen LogP contribution in [0.3, 0.4) is 0 Å². The van der Waals surface area contributed by atoms with Gasteiger partial charge in [-0.1, -0.05) is 23.8 Å². The molecular weight excluding hydrogens is 342 g/mol. The van der Waals surface area contributed by atoms with Gasteiger partial charge >= 0.3 is 0 Å². The zero-order valence-electron chi connectivity index (χ0n) is 15.0. The number of piperidine rings is 1. The number of aromatic nitrogens is 2. The van der Waals surface area contributed by atoms with Crippen molar-refractivity contribution in [1.82, 2.24) is 14.7 Å². The first-order valence-electron chi connectivity index (χ1n) is 9.11. The summed E-state index contributed by atoms with van der Waals surface area (Å²) < 4.78 is 1.95.